The van der Waals surface area contributed by atoms with Crippen molar-refractivity contribution in [1.82, 2.24) is 0 Å². The molecule has 0 fully saturated rings. The Labute approximate surface area is 164 Å². The van der Waals surface area contributed by atoms with Crippen LogP contribution in [0.2, 0.25) is 0 Å². The third-order valence-corrected chi connectivity index (χ3v) is 5.02. The van der Waals surface area contributed by atoms with E-state index in [1.807, 2.05) is 57.2 Å². The van der Waals surface area contributed by atoms with E-state index < -0.39 is 7.82 Å². The van der Waals surface area contributed by atoms with Crippen LogP contribution in [-0.4, -0.2) is 11.0 Å². The highest BCUT2D eigenvalue weighted by molar-refractivity contribution is 7.49. The van der Waals surface area contributed by atoms with Gasteiger partial charge in [0, 0.05) is 0 Å². The van der Waals surface area contributed by atoms with E-state index in [0.717, 1.165) is 16.7 Å². The lowest BCUT2D eigenvalue weighted by molar-refractivity contribution is 0.298. The molecule has 0 saturated carbocycles. The summed E-state index contributed by atoms with van der Waals surface area (Å²) in [4.78, 5) is 0. The molecule has 27 heavy (non-hydrogen) atoms. The van der Waals surface area contributed by atoms with Crippen molar-refractivity contribution >= 4 is 18.8 Å². The van der Waals surface area contributed by atoms with Gasteiger partial charge in [-0.3, -0.25) is 0 Å². The van der Waals surface area contributed by atoms with Gasteiger partial charge in [-0.05, 0) is 68.1 Å². The van der Waals surface area contributed by atoms with Crippen molar-refractivity contribution in [2.45, 2.75) is 20.8 Å². The van der Waals surface area contributed by atoms with Gasteiger partial charge in [0.2, 0.25) is 0 Å². The fourth-order valence-corrected chi connectivity index (χ4v) is 3.49. The first kappa shape index (κ1) is 20.8. The minimum Gasteiger partial charge on any atom is -0.386 e. The van der Waals surface area contributed by atoms with Gasteiger partial charge in [0.05, 0.1) is 0 Å². The van der Waals surface area contributed by atoms with Crippen LogP contribution in [-0.2, 0) is 4.57 Å². The third kappa shape index (κ3) is 6.02. The lowest BCUT2D eigenvalue weighted by Gasteiger charge is -2.19. The fourth-order valence-electron chi connectivity index (χ4n) is 2.24. The third-order valence-electron chi connectivity index (χ3n) is 3.71. The summed E-state index contributed by atoms with van der Waals surface area (Å²) < 4.78 is 30.2. The molecule has 0 atom stereocenters. The molecule has 0 bridgehead atoms. The number of benzene rings is 3. The first-order valence-electron chi connectivity index (χ1n) is 8.31. The maximum atomic E-state index is 13.3. The number of hydrogen-bond donors (Lipinski definition) is 0. The van der Waals surface area contributed by atoms with Gasteiger partial charge in [0.15, 0.2) is 0 Å². The van der Waals surface area contributed by atoms with Crippen LogP contribution in [0.15, 0.2) is 72.8 Å². The number of phosphoric ester groups is 1. The normalized spacial score (nSPS) is 10.6. The smallest absolute Gasteiger partial charge is 0.386 e. The van der Waals surface area contributed by atoms with Gasteiger partial charge in [-0.1, -0.05) is 53.1 Å². The van der Waals surface area contributed by atoms with E-state index in [4.69, 9.17) is 13.6 Å². The zero-order chi connectivity index (χ0) is 18.6. The molecule has 0 unspecified atom stereocenters. The second-order valence-corrected chi connectivity index (χ2v) is 7.60. The number of aryl methyl sites for hydroxylation is 3. The van der Waals surface area contributed by atoms with E-state index in [2.05, 4.69) is 0 Å². The number of hydrogen-bond acceptors (Lipinski definition) is 4. The second kappa shape index (κ2) is 8.93. The number of phosphoric acid groups is 1. The fraction of sp³-hybridized carbons (Fsp3) is 0.143. The van der Waals surface area contributed by atoms with Gasteiger partial charge < -0.3 is 13.6 Å². The Morgan fingerprint density at radius 3 is 0.963 bits per heavy atom. The largest absolute Gasteiger partial charge is 0.647 e. The molecule has 3 aromatic rings. The van der Waals surface area contributed by atoms with Crippen molar-refractivity contribution < 1.29 is 18.1 Å². The van der Waals surface area contributed by atoms with E-state index in [0.29, 0.717) is 17.2 Å². The van der Waals surface area contributed by atoms with Crippen molar-refractivity contribution in [2.75, 3.05) is 0 Å². The molecule has 0 aliphatic rings. The molecular weight excluding hydrogens is 375 g/mol. The molecule has 0 aromatic heterocycles. The Morgan fingerprint density at radius 1 is 0.519 bits per heavy atom. The minimum atomic E-state index is -3.93. The summed E-state index contributed by atoms with van der Waals surface area (Å²) in [6.45, 7) is 5.90. The highest BCUT2D eigenvalue weighted by Crippen LogP contribution is 2.49. The maximum absolute atomic E-state index is 13.3. The van der Waals surface area contributed by atoms with Gasteiger partial charge in [-0.2, -0.15) is 4.57 Å². The van der Waals surface area contributed by atoms with E-state index in [9.17, 15) is 4.57 Å². The van der Waals surface area contributed by atoms with Crippen molar-refractivity contribution in [3.63, 3.8) is 0 Å². The van der Waals surface area contributed by atoms with Crippen LogP contribution in [0.25, 0.3) is 0 Å². The molecule has 0 aliphatic heterocycles. The summed E-state index contributed by atoms with van der Waals surface area (Å²) in [5.41, 5.74) is 3.23. The van der Waals surface area contributed by atoms with Gasteiger partial charge in [-0.25, -0.2) is 0 Å². The lowest BCUT2D eigenvalue weighted by atomic mass is 10.2. The predicted octanol–water partition coefficient (Wildman–Crippen LogP) is 4.81. The molecular formula is C21H25O4PSi. The topological polar surface area (TPSA) is 44.8 Å². The average Bonchev–Trinajstić information content (AvgIpc) is 2.61. The van der Waals surface area contributed by atoms with Crippen LogP contribution < -0.4 is 13.6 Å². The standard InChI is InChI=1S/C21H21O4P.H4Si/c1-16-4-10-19(11-5-16)23-26(22,24-20-12-6-17(2)7-13-20)25-21-14-8-18(3)9-15-21;/h4-15H,1-3H3;1H4. The molecule has 3 rings (SSSR count). The van der Waals surface area contributed by atoms with Crippen LogP contribution in [0.5, 0.6) is 17.2 Å². The zero-order valence-corrected chi connectivity index (χ0v) is 15.9. The SMILES string of the molecule is Cc1ccc(OP(=O)(Oc2ccc(C)cc2)Oc2ccc(C)cc2)cc1.[SiH4]. The molecule has 0 heterocycles. The molecule has 0 N–H and O–H groups in total. The second-order valence-electron chi connectivity index (χ2n) is 6.16. The van der Waals surface area contributed by atoms with Crippen LogP contribution >= 0.6 is 7.82 Å². The Balaban J connectivity index is 0.00000261. The van der Waals surface area contributed by atoms with Crippen molar-refractivity contribution in [1.29, 1.82) is 0 Å². The molecule has 6 heteroatoms. The van der Waals surface area contributed by atoms with Crippen LogP contribution in [0.4, 0.5) is 0 Å². The van der Waals surface area contributed by atoms with Crippen molar-refractivity contribution in [2.24, 2.45) is 0 Å². The zero-order valence-electron chi connectivity index (χ0n) is 15.0. The Kier molecular flexibility index (Phi) is 6.89. The summed E-state index contributed by atoms with van der Waals surface area (Å²) in [5, 5.41) is 0. The molecule has 3 aromatic carbocycles. The molecule has 0 radical (unpaired) electrons. The average molecular weight is 400 g/mol. The summed E-state index contributed by atoms with van der Waals surface area (Å²) in [6.07, 6.45) is 0. The molecule has 0 amide bonds. The van der Waals surface area contributed by atoms with Gasteiger partial charge in [0.1, 0.15) is 17.2 Å². The molecule has 4 nitrogen and oxygen atoms in total. The number of rotatable bonds is 6. The minimum absolute atomic E-state index is 0. The molecule has 0 aliphatic carbocycles. The van der Waals surface area contributed by atoms with Gasteiger partial charge in [-0.15, -0.1) is 0 Å². The van der Waals surface area contributed by atoms with Crippen LogP contribution in [0.3, 0.4) is 0 Å². The van der Waals surface area contributed by atoms with Gasteiger partial charge >= 0.3 is 7.82 Å². The van der Waals surface area contributed by atoms with Gasteiger partial charge in [0.25, 0.3) is 0 Å². The molecule has 0 spiro atoms. The molecule has 0 saturated heterocycles. The summed E-state index contributed by atoms with van der Waals surface area (Å²) >= 11 is 0. The van der Waals surface area contributed by atoms with Crippen molar-refractivity contribution in [3.05, 3.63) is 89.5 Å². The van der Waals surface area contributed by atoms with E-state index >= 15 is 0 Å². The quantitative estimate of drug-likeness (QED) is 0.440. The van der Waals surface area contributed by atoms with E-state index in [-0.39, 0.29) is 11.0 Å². The van der Waals surface area contributed by atoms with Crippen molar-refractivity contribution in [3.8, 4) is 17.2 Å². The summed E-state index contributed by atoms with van der Waals surface area (Å²) in [6, 6.07) is 21.6. The molecule has 142 valence electrons. The summed E-state index contributed by atoms with van der Waals surface area (Å²) in [5.74, 6) is 1.24. The Bertz CT molecular complexity index is 784. The first-order valence-corrected chi connectivity index (χ1v) is 9.77. The van der Waals surface area contributed by atoms with E-state index in [1.165, 1.54) is 0 Å². The highest BCUT2D eigenvalue weighted by Gasteiger charge is 2.33. The Morgan fingerprint density at radius 2 is 0.741 bits per heavy atom. The van der Waals surface area contributed by atoms with E-state index in [1.54, 1.807) is 36.4 Å². The lowest BCUT2D eigenvalue weighted by Crippen LogP contribution is -2.07. The van der Waals surface area contributed by atoms with Crippen LogP contribution in [0.1, 0.15) is 16.7 Å². The monoisotopic (exact) mass is 400 g/mol. The highest BCUT2D eigenvalue weighted by atomic mass is 31.2. The Hall–Kier alpha value is -2.49. The summed E-state index contributed by atoms with van der Waals surface area (Å²) in [7, 11) is -3.93. The predicted molar refractivity (Wildman–Crippen MR) is 114 cm³/mol. The van der Waals surface area contributed by atoms with Crippen LogP contribution in [0, 0.1) is 20.8 Å². The maximum Gasteiger partial charge on any atom is 0.647 e. The first-order chi connectivity index (χ1) is 12.4.